The molecule has 0 spiro atoms. The minimum absolute atomic E-state index is 0.294. The number of aliphatic hydroxyl groups excluding tert-OH is 3. The SMILES string of the molecule is O[C@@H]1[C@@H](O)[C@H](Oc2ccc(-c3cncc(Cl)c3)nc2)SC[C@H]1O. The molecule has 23 heavy (non-hydrogen) atoms. The number of nitrogens with zero attached hydrogens (tertiary/aromatic N) is 2. The van der Waals surface area contributed by atoms with E-state index < -0.39 is 23.7 Å². The monoisotopic (exact) mass is 354 g/mol. The zero-order chi connectivity index (χ0) is 16.4. The molecule has 0 aromatic carbocycles. The summed E-state index contributed by atoms with van der Waals surface area (Å²) in [6.07, 6.45) is 1.40. The van der Waals surface area contributed by atoms with Crippen molar-refractivity contribution >= 4 is 23.4 Å². The maximum absolute atomic E-state index is 9.93. The van der Waals surface area contributed by atoms with E-state index in [1.807, 2.05) is 0 Å². The lowest BCUT2D eigenvalue weighted by atomic mass is 10.1. The first-order valence-corrected chi connectivity index (χ1v) is 8.37. The van der Waals surface area contributed by atoms with Gasteiger partial charge in [0.2, 0.25) is 0 Å². The molecule has 1 saturated heterocycles. The van der Waals surface area contributed by atoms with Crippen molar-refractivity contribution in [2.24, 2.45) is 0 Å². The molecule has 122 valence electrons. The molecule has 0 radical (unpaired) electrons. The Balaban J connectivity index is 1.70. The number of ether oxygens (including phenoxy) is 1. The number of aromatic nitrogens is 2. The number of aliphatic hydroxyl groups is 3. The lowest BCUT2D eigenvalue weighted by molar-refractivity contribution is -0.0786. The van der Waals surface area contributed by atoms with Crippen LogP contribution in [0.3, 0.4) is 0 Å². The molecule has 2 aromatic rings. The van der Waals surface area contributed by atoms with Crippen LogP contribution in [0.25, 0.3) is 11.3 Å². The van der Waals surface area contributed by atoms with Crippen LogP contribution in [0.5, 0.6) is 5.75 Å². The molecule has 3 rings (SSSR count). The van der Waals surface area contributed by atoms with Crippen molar-refractivity contribution in [2.75, 3.05) is 5.75 Å². The van der Waals surface area contributed by atoms with Crippen molar-refractivity contribution in [3.8, 4) is 17.0 Å². The molecular weight excluding hydrogens is 340 g/mol. The zero-order valence-electron chi connectivity index (χ0n) is 11.9. The van der Waals surface area contributed by atoms with Gasteiger partial charge >= 0.3 is 0 Å². The number of rotatable bonds is 3. The van der Waals surface area contributed by atoms with E-state index >= 15 is 0 Å². The van der Waals surface area contributed by atoms with Gasteiger partial charge in [0.05, 0.1) is 23.0 Å². The van der Waals surface area contributed by atoms with Gasteiger partial charge in [-0.25, -0.2) is 0 Å². The van der Waals surface area contributed by atoms with E-state index in [-0.39, 0.29) is 0 Å². The number of hydrogen-bond acceptors (Lipinski definition) is 7. The highest BCUT2D eigenvalue weighted by Crippen LogP contribution is 2.29. The molecule has 2 aromatic heterocycles. The van der Waals surface area contributed by atoms with Gasteiger partial charge in [-0.3, -0.25) is 9.97 Å². The van der Waals surface area contributed by atoms with Gasteiger partial charge in [-0.2, -0.15) is 0 Å². The average molecular weight is 355 g/mol. The Bertz CT molecular complexity index is 673. The first kappa shape index (κ1) is 16.5. The van der Waals surface area contributed by atoms with Crippen LogP contribution in [0.1, 0.15) is 0 Å². The molecule has 1 fully saturated rings. The Labute approximate surface area is 142 Å². The molecule has 0 aliphatic carbocycles. The molecule has 0 saturated carbocycles. The summed E-state index contributed by atoms with van der Waals surface area (Å²) in [7, 11) is 0. The van der Waals surface area contributed by atoms with Crippen molar-refractivity contribution in [1.29, 1.82) is 0 Å². The highest BCUT2D eigenvalue weighted by Gasteiger charge is 2.38. The Morgan fingerprint density at radius 1 is 1.13 bits per heavy atom. The average Bonchev–Trinajstić information content (AvgIpc) is 2.56. The minimum Gasteiger partial charge on any atom is -0.475 e. The molecule has 1 aliphatic rings. The number of pyridine rings is 2. The third-order valence-corrected chi connectivity index (χ3v) is 4.89. The van der Waals surface area contributed by atoms with Gasteiger partial charge in [-0.1, -0.05) is 11.6 Å². The van der Waals surface area contributed by atoms with Crippen molar-refractivity contribution in [1.82, 2.24) is 9.97 Å². The van der Waals surface area contributed by atoms with Gasteiger partial charge in [0, 0.05) is 23.7 Å². The molecule has 1 aliphatic heterocycles. The van der Waals surface area contributed by atoms with Crippen molar-refractivity contribution in [3.63, 3.8) is 0 Å². The van der Waals surface area contributed by atoms with Crippen LogP contribution >= 0.6 is 23.4 Å². The van der Waals surface area contributed by atoms with Crippen molar-refractivity contribution in [2.45, 2.75) is 23.7 Å². The van der Waals surface area contributed by atoms with E-state index in [1.54, 1.807) is 30.6 Å². The van der Waals surface area contributed by atoms with Gasteiger partial charge in [0.1, 0.15) is 18.0 Å². The van der Waals surface area contributed by atoms with E-state index in [9.17, 15) is 15.3 Å². The van der Waals surface area contributed by atoms with Crippen LogP contribution < -0.4 is 4.74 Å². The summed E-state index contributed by atoms with van der Waals surface area (Å²) in [5.41, 5.74) is 0.822. The lowest BCUT2D eigenvalue weighted by Gasteiger charge is -2.34. The van der Waals surface area contributed by atoms with E-state index in [2.05, 4.69) is 9.97 Å². The molecule has 4 atom stereocenters. The Kier molecular flexibility index (Phi) is 5.03. The smallest absolute Gasteiger partial charge is 0.173 e. The van der Waals surface area contributed by atoms with Crippen LogP contribution in [-0.4, -0.2) is 54.8 Å². The van der Waals surface area contributed by atoms with Gasteiger partial charge in [-0.05, 0) is 18.2 Å². The Morgan fingerprint density at radius 3 is 2.65 bits per heavy atom. The molecule has 3 N–H and O–H groups in total. The summed E-state index contributed by atoms with van der Waals surface area (Å²) in [6.45, 7) is 0. The molecular formula is C15H15ClN2O4S. The lowest BCUT2D eigenvalue weighted by Crippen LogP contribution is -2.50. The zero-order valence-corrected chi connectivity index (χ0v) is 13.5. The summed E-state index contributed by atoms with van der Waals surface area (Å²) in [5.74, 6) is 0.756. The minimum atomic E-state index is -1.22. The third-order valence-electron chi connectivity index (χ3n) is 3.44. The first-order chi connectivity index (χ1) is 11.0. The van der Waals surface area contributed by atoms with Crippen molar-refractivity contribution < 1.29 is 20.1 Å². The molecule has 8 heteroatoms. The van der Waals surface area contributed by atoms with Crippen LogP contribution in [-0.2, 0) is 0 Å². The molecule has 3 heterocycles. The highest BCUT2D eigenvalue weighted by molar-refractivity contribution is 7.99. The molecule has 0 unspecified atom stereocenters. The van der Waals surface area contributed by atoms with Gasteiger partial charge in [0.25, 0.3) is 0 Å². The predicted octanol–water partition coefficient (Wildman–Crippen LogP) is 1.33. The third kappa shape index (κ3) is 3.76. The van der Waals surface area contributed by atoms with Gasteiger partial charge in [-0.15, -0.1) is 11.8 Å². The van der Waals surface area contributed by atoms with E-state index in [4.69, 9.17) is 16.3 Å². The summed E-state index contributed by atoms with van der Waals surface area (Å²) in [5, 5.41) is 29.6. The highest BCUT2D eigenvalue weighted by atomic mass is 35.5. The Morgan fingerprint density at radius 2 is 1.96 bits per heavy atom. The molecule has 0 amide bonds. The summed E-state index contributed by atoms with van der Waals surface area (Å²) < 4.78 is 5.64. The predicted molar refractivity (Wildman–Crippen MR) is 87.4 cm³/mol. The normalized spacial score (nSPS) is 27.7. The molecule has 0 bridgehead atoms. The fraction of sp³-hybridized carbons (Fsp3) is 0.333. The van der Waals surface area contributed by atoms with E-state index in [0.29, 0.717) is 22.2 Å². The van der Waals surface area contributed by atoms with E-state index in [1.165, 1.54) is 18.0 Å². The fourth-order valence-corrected chi connectivity index (χ4v) is 3.49. The number of hydrogen-bond donors (Lipinski definition) is 3. The topological polar surface area (TPSA) is 95.7 Å². The maximum atomic E-state index is 9.93. The standard InChI is InChI=1S/C15H15ClN2O4S/c16-9-3-8(4-17-5-9)11-2-1-10(6-18-11)22-15-14(21)13(20)12(19)7-23-15/h1-6,12-15,19-21H,7H2/t12-,13+,14-,15-/m1/s1. The second-order valence-corrected chi connectivity index (χ2v) is 6.71. The second-order valence-electron chi connectivity index (χ2n) is 5.14. The second kappa shape index (κ2) is 7.02. The fourth-order valence-electron chi connectivity index (χ4n) is 2.19. The number of halogens is 1. The summed E-state index contributed by atoms with van der Waals surface area (Å²) >= 11 is 7.15. The van der Waals surface area contributed by atoms with Crippen LogP contribution in [0.15, 0.2) is 36.8 Å². The maximum Gasteiger partial charge on any atom is 0.173 e. The van der Waals surface area contributed by atoms with Crippen LogP contribution in [0.2, 0.25) is 5.02 Å². The van der Waals surface area contributed by atoms with Gasteiger partial charge in [0.15, 0.2) is 5.44 Å². The summed E-state index contributed by atoms with van der Waals surface area (Å²) in [4.78, 5) is 8.30. The Hall–Kier alpha value is -1.38. The molecule has 6 nitrogen and oxygen atoms in total. The number of thioether (sulfide) groups is 1. The van der Waals surface area contributed by atoms with E-state index in [0.717, 1.165) is 5.56 Å². The van der Waals surface area contributed by atoms with Gasteiger partial charge < -0.3 is 20.1 Å². The largest absolute Gasteiger partial charge is 0.475 e. The quantitative estimate of drug-likeness (QED) is 0.765. The summed E-state index contributed by atoms with van der Waals surface area (Å²) in [6, 6.07) is 5.23. The first-order valence-electron chi connectivity index (χ1n) is 6.94. The van der Waals surface area contributed by atoms with Crippen LogP contribution in [0, 0.1) is 0 Å². The van der Waals surface area contributed by atoms with Crippen molar-refractivity contribution in [3.05, 3.63) is 41.8 Å². The van der Waals surface area contributed by atoms with Crippen LogP contribution in [0.4, 0.5) is 0 Å².